The molecule has 4 N–H and O–H groups in total. The SMILES string of the molecule is Cn1ncc(C(N)=NO)c1NC(=O)C1CCC1. The van der Waals surface area contributed by atoms with E-state index in [4.69, 9.17) is 10.9 Å². The lowest BCUT2D eigenvalue weighted by Gasteiger charge is -2.24. The molecule has 7 heteroatoms. The van der Waals surface area contributed by atoms with Crippen molar-refractivity contribution in [2.75, 3.05) is 5.32 Å². The lowest BCUT2D eigenvalue weighted by atomic mass is 9.85. The zero-order valence-corrected chi connectivity index (χ0v) is 9.55. The van der Waals surface area contributed by atoms with Gasteiger partial charge in [0.2, 0.25) is 5.91 Å². The van der Waals surface area contributed by atoms with Crippen LogP contribution >= 0.6 is 0 Å². The van der Waals surface area contributed by atoms with Crippen molar-refractivity contribution in [3.05, 3.63) is 11.8 Å². The number of rotatable bonds is 3. The van der Waals surface area contributed by atoms with Crippen LogP contribution in [0.4, 0.5) is 5.82 Å². The predicted octanol–water partition coefficient (Wildman–Crippen LogP) is 0.253. The van der Waals surface area contributed by atoms with E-state index < -0.39 is 0 Å². The van der Waals surface area contributed by atoms with Crippen LogP contribution in [0.5, 0.6) is 0 Å². The molecule has 17 heavy (non-hydrogen) atoms. The Morgan fingerprint density at radius 3 is 2.94 bits per heavy atom. The summed E-state index contributed by atoms with van der Waals surface area (Å²) in [5.41, 5.74) is 5.92. The minimum atomic E-state index is -0.0676. The highest BCUT2D eigenvalue weighted by atomic mass is 16.4. The molecule has 1 aromatic heterocycles. The number of amides is 1. The summed E-state index contributed by atoms with van der Waals surface area (Å²) in [4.78, 5) is 11.8. The highest BCUT2D eigenvalue weighted by molar-refractivity contribution is 6.04. The molecule has 2 rings (SSSR count). The number of amidine groups is 1. The van der Waals surface area contributed by atoms with Crippen LogP contribution in [0.2, 0.25) is 0 Å². The summed E-state index contributed by atoms with van der Waals surface area (Å²) in [6.45, 7) is 0. The minimum Gasteiger partial charge on any atom is -0.409 e. The van der Waals surface area contributed by atoms with E-state index in [9.17, 15) is 4.79 Å². The van der Waals surface area contributed by atoms with Crippen LogP contribution in [0.25, 0.3) is 0 Å². The lowest BCUT2D eigenvalue weighted by Crippen LogP contribution is -2.30. The smallest absolute Gasteiger partial charge is 0.228 e. The fraction of sp³-hybridized carbons (Fsp3) is 0.500. The molecule has 1 amide bonds. The van der Waals surface area contributed by atoms with E-state index in [2.05, 4.69) is 15.6 Å². The Hall–Kier alpha value is -2.05. The number of oxime groups is 1. The Bertz CT molecular complexity index is 461. The third-order valence-corrected chi connectivity index (χ3v) is 3.04. The largest absolute Gasteiger partial charge is 0.409 e. The number of aryl methyl sites for hydroxylation is 1. The predicted molar refractivity (Wildman–Crippen MR) is 61.7 cm³/mol. The van der Waals surface area contributed by atoms with E-state index in [-0.39, 0.29) is 17.7 Å². The summed E-state index contributed by atoms with van der Waals surface area (Å²) in [7, 11) is 1.69. The van der Waals surface area contributed by atoms with Gasteiger partial charge in [0.1, 0.15) is 5.82 Å². The minimum absolute atomic E-state index is 0.0353. The molecule has 0 atom stereocenters. The maximum atomic E-state index is 11.8. The summed E-state index contributed by atoms with van der Waals surface area (Å²) in [6, 6.07) is 0. The fourth-order valence-corrected chi connectivity index (χ4v) is 1.72. The van der Waals surface area contributed by atoms with Crippen LogP contribution in [0, 0.1) is 5.92 Å². The van der Waals surface area contributed by atoms with Crippen molar-refractivity contribution in [3.63, 3.8) is 0 Å². The standard InChI is InChI=1S/C10H15N5O2/c1-15-9(7(5-12-15)8(11)14-17)13-10(16)6-3-2-4-6/h5-6,17H,2-4H2,1H3,(H2,11,14)(H,13,16). The van der Waals surface area contributed by atoms with Crippen LogP contribution in [0.15, 0.2) is 11.4 Å². The Morgan fingerprint density at radius 1 is 1.71 bits per heavy atom. The number of carbonyl (C=O) groups is 1. The van der Waals surface area contributed by atoms with Crippen molar-refractivity contribution in [2.45, 2.75) is 19.3 Å². The maximum Gasteiger partial charge on any atom is 0.228 e. The van der Waals surface area contributed by atoms with Gasteiger partial charge in [-0.05, 0) is 12.8 Å². The summed E-state index contributed by atoms with van der Waals surface area (Å²) in [5, 5.41) is 18.3. The van der Waals surface area contributed by atoms with E-state index in [1.54, 1.807) is 7.05 Å². The molecule has 1 saturated carbocycles. The van der Waals surface area contributed by atoms with Crippen LogP contribution in [0.1, 0.15) is 24.8 Å². The molecule has 0 aromatic carbocycles. The van der Waals surface area contributed by atoms with Crippen molar-refractivity contribution >= 4 is 17.6 Å². The highest BCUT2D eigenvalue weighted by Crippen LogP contribution is 2.28. The number of hydrogen-bond donors (Lipinski definition) is 3. The summed E-state index contributed by atoms with van der Waals surface area (Å²) >= 11 is 0. The lowest BCUT2D eigenvalue weighted by molar-refractivity contribution is -0.122. The average Bonchev–Trinajstić information content (AvgIpc) is 2.57. The maximum absolute atomic E-state index is 11.8. The topological polar surface area (TPSA) is 106 Å². The summed E-state index contributed by atoms with van der Waals surface area (Å²) in [5.74, 6) is 0.427. The Morgan fingerprint density at radius 2 is 2.41 bits per heavy atom. The van der Waals surface area contributed by atoms with Gasteiger partial charge in [0, 0.05) is 13.0 Å². The third kappa shape index (κ3) is 2.08. The van der Waals surface area contributed by atoms with Gasteiger partial charge in [0.25, 0.3) is 0 Å². The van der Waals surface area contributed by atoms with Gasteiger partial charge in [0.05, 0.1) is 11.8 Å². The van der Waals surface area contributed by atoms with Gasteiger partial charge >= 0.3 is 0 Å². The van der Waals surface area contributed by atoms with E-state index in [0.717, 1.165) is 19.3 Å². The molecule has 1 aliphatic rings. The van der Waals surface area contributed by atoms with Gasteiger partial charge in [-0.15, -0.1) is 0 Å². The first-order valence-corrected chi connectivity index (χ1v) is 5.44. The van der Waals surface area contributed by atoms with Gasteiger partial charge < -0.3 is 16.3 Å². The summed E-state index contributed by atoms with van der Waals surface area (Å²) < 4.78 is 1.49. The number of anilines is 1. The second-order valence-electron chi connectivity index (χ2n) is 4.13. The van der Waals surface area contributed by atoms with Crippen LogP contribution in [-0.2, 0) is 11.8 Å². The zero-order valence-electron chi connectivity index (χ0n) is 9.55. The fourth-order valence-electron chi connectivity index (χ4n) is 1.72. The molecule has 7 nitrogen and oxygen atoms in total. The van der Waals surface area contributed by atoms with Gasteiger partial charge in [-0.3, -0.25) is 9.48 Å². The first-order valence-electron chi connectivity index (χ1n) is 5.44. The van der Waals surface area contributed by atoms with Crippen molar-refractivity contribution in [1.29, 1.82) is 0 Å². The molecule has 0 saturated heterocycles. The Labute approximate surface area is 98.3 Å². The van der Waals surface area contributed by atoms with Crippen molar-refractivity contribution in [1.82, 2.24) is 9.78 Å². The van der Waals surface area contributed by atoms with E-state index >= 15 is 0 Å². The number of hydrogen-bond acceptors (Lipinski definition) is 4. The molecule has 1 aromatic rings. The monoisotopic (exact) mass is 237 g/mol. The Balaban J connectivity index is 2.19. The number of nitrogens with zero attached hydrogens (tertiary/aromatic N) is 3. The van der Waals surface area contributed by atoms with E-state index in [1.165, 1.54) is 10.9 Å². The molecular formula is C10H15N5O2. The molecule has 0 aliphatic heterocycles. The van der Waals surface area contributed by atoms with E-state index in [0.29, 0.717) is 11.4 Å². The molecule has 0 unspecified atom stereocenters. The zero-order chi connectivity index (χ0) is 12.4. The number of aromatic nitrogens is 2. The van der Waals surface area contributed by atoms with Crippen LogP contribution < -0.4 is 11.1 Å². The second kappa shape index (κ2) is 4.44. The van der Waals surface area contributed by atoms with Gasteiger partial charge in [-0.25, -0.2) is 0 Å². The van der Waals surface area contributed by atoms with Crippen molar-refractivity contribution in [3.8, 4) is 0 Å². The molecule has 1 aliphatic carbocycles. The van der Waals surface area contributed by atoms with Crippen molar-refractivity contribution < 1.29 is 10.0 Å². The van der Waals surface area contributed by atoms with Crippen LogP contribution in [-0.4, -0.2) is 26.7 Å². The van der Waals surface area contributed by atoms with Crippen molar-refractivity contribution in [2.24, 2.45) is 23.9 Å². The van der Waals surface area contributed by atoms with Crippen LogP contribution in [0.3, 0.4) is 0 Å². The van der Waals surface area contributed by atoms with Gasteiger partial charge in [-0.1, -0.05) is 11.6 Å². The number of nitrogens with two attached hydrogens (primary N) is 1. The summed E-state index contributed by atoms with van der Waals surface area (Å²) in [6.07, 6.45) is 4.38. The van der Waals surface area contributed by atoms with E-state index in [1.807, 2.05) is 0 Å². The van der Waals surface area contributed by atoms with Gasteiger partial charge in [-0.2, -0.15) is 5.10 Å². The van der Waals surface area contributed by atoms with Gasteiger partial charge in [0.15, 0.2) is 5.84 Å². The molecule has 1 heterocycles. The normalized spacial score (nSPS) is 16.6. The number of nitrogens with one attached hydrogen (secondary N) is 1. The average molecular weight is 237 g/mol. The molecule has 0 spiro atoms. The quantitative estimate of drug-likeness (QED) is 0.303. The molecular weight excluding hydrogens is 222 g/mol. The first-order chi connectivity index (χ1) is 8.13. The number of carbonyl (C=O) groups excluding carboxylic acids is 1. The molecule has 0 bridgehead atoms. The Kier molecular flexibility index (Phi) is 2.99. The third-order valence-electron chi connectivity index (χ3n) is 3.04. The molecule has 1 fully saturated rings. The first kappa shape index (κ1) is 11.4. The second-order valence-corrected chi connectivity index (χ2v) is 4.13. The molecule has 0 radical (unpaired) electrons. The molecule has 92 valence electrons. The highest BCUT2D eigenvalue weighted by Gasteiger charge is 2.26.